The third-order valence-corrected chi connectivity index (χ3v) is 4.56. The lowest BCUT2D eigenvalue weighted by Gasteiger charge is -2.33. The number of primary amides is 1. The van der Waals surface area contributed by atoms with E-state index in [1.165, 1.54) is 4.90 Å². The second kappa shape index (κ2) is 5.88. The first kappa shape index (κ1) is 15.9. The van der Waals surface area contributed by atoms with E-state index in [1.54, 1.807) is 35.2 Å². The lowest BCUT2D eigenvalue weighted by atomic mass is 10.1. The van der Waals surface area contributed by atoms with Gasteiger partial charge in [0.15, 0.2) is 0 Å². The van der Waals surface area contributed by atoms with Crippen molar-refractivity contribution in [1.29, 1.82) is 0 Å². The minimum absolute atomic E-state index is 0.0569. The molecule has 1 saturated carbocycles. The van der Waals surface area contributed by atoms with Crippen molar-refractivity contribution in [3.8, 4) is 0 Å². The van der Waals surface area contributed by atoms with Crippen LogP contribution in [0.2, 0.25) is 0 Å². The Labute approximate surface area is 133 Å². The minimum atomic E-state index is -2.73. The molecule has 1 aromatic carbocycles. The molecular formula is C16H19F2N3O2. The number of hydrogen-bond acceptors (Lipinski definition) is 3. The molecule has 0 bridgehead atoms. The van der Waals surface area contributed by atoms with Gasteiger partial charge in [0.1, 0.15) is 0 Å². The predicted molar refractivity (Wildman–Crippen MR) is 79.8 cm³/mol. The van der Waals surface area contributed by atoms with Gasteiger partial charge in [-0.1, -0.05) is 30.3 Å². The molecule has 1 heterocycles. The molecule has 3 rings (SSSR count). The number of benzene rings is 1. The van der Waals surface area contributed by atoms with E-state index in [1.807, 2.05) is 0 Å². The number of carbonyl (C=O) groups excluding carboxylic acids is 2. The molecule has 0 aromatic heterocycles. The summed E-state index contributed by atoms with van der Waals surface area (Å²) in [6.07, 6.45) is 0. The summed E-state index contributed by atoms with van der Waals surface area (Å²) in [7, 11) is 0. The largest absolute Gasteiger partial charge is 0.368 e. The monoisotopic (exact) mass is 323 g/mol. The van der Waals surface area contributed by atoms with E-state index in [9.17, 15) is 18.4 Å². The summed E-state index contributed by atoms with van der Waals surface area (Å²) in [5, 5.41) is 0. The van der Waals surface area contributed by atoms with E-state index < -0.39 is 23.7 Å². The molecule has 7 heteroatoms. The normalized spacial score (nSPS) is 27.0. The number of amides is 2. The molecule has 2 aliphatic rings. The average molecular weight is 323 g/mol. The van der Waals surface area contributed by atoms with Gasteiger partial charge in [-0.15, -0.1) is 0 Å². The van der Waals surface area contributed by atoms with Crippen LogP contribution >= 0.6 is 0 Å². The Morgan fingerprint density at radius 2 is 1.96 bits per heavy atom. The van der Waals surface area contributed by atoms with Crippen LogP contribution in [0.5, 0.6) is 0 Å². The van der Waals surface area contributed by atoms with Crippen molar-refractivity contribution in [1.82, 2.24) is 9.80 Å². The highest BCUT2D eigenvalue weighted by molar-refractivity contribution is 5.85. The summed E-state index contributed by atoms with van der Waals surface area (Å²) in [6.45, 7) is 0.951. The molecular weight excluding hydrogens is 304 g/mol. The van der Waals surface area contributed by atoms with Gasteiger partial charge in [-0.05, 0) is 5.56 Å². The van der Waals surface area contributed by atoms with E-state index in [4.69, 9.17) is 5.73 Å². The van der Waals surface area contributed by atoms with E-state index in [-0.39, 0.29) is 25.5 Å². The molecule has 23 heavy (non-hydrogen) atoms. The zero-order valence-corrected chi connectivity index (χ0v) is 12.6. The highest BCUT2D eigenvalue weighted by Gasteiger charge is 2.68. The molecule has 2 N–H and O–H groups in total. The molecule has 1 aliphatic carbocycles. The third-order valence-electron chi connectivity index (χ3n) is 4.56. The lowest BCUT2D eigenvalue weighted by Crippen LogP contribution is -2.53. The molecule has 2 fully saturated rings. The average Bonchev–Trinajstić information content (AvgIpc) is 3.03. The fourth-order valence-corrected chi connectivity index (χ4v) is 3.28. The van der Waals surface area contributed by atoms with Crippen LogP contribution in [0.25, 0.3) is 0 Å². The van der Waals surface area contributed by atoms with Crippen LogP contribution in [0.3, 0.4) is 0 Å². The fraction of sp³-hybridized carbons (Fsp3) is 0.500. The number of alkyl halides is 2. The quantitative estimate of drug-likeness (QED) is 0.866. The van der Waals surface area contributed by atoms with E-state index in [2.05, 4.69) is 0 Å². The molecule has 1 aromatic rings. The van der Waals surface area contributed by atoms with Crippen LogP contribution in [0, 0.1) is 5.92 Å². The zero-order chi connectivity index (χ0) is 16.6. The Balaban J connectivity index is 1.59. The third kappa shape index (κ3) is 3.19. The maximum absolute atomic E-state index is 14.1. The smallest absolute Gasteiger partial charge is 0.260 e. The van der Waals surface area contributed by atoms with Crippen molar-refractivity contribution in [3.05, 3.63) is 35.9 Å². The maximum atomic E-state index is 14.1. The number of nitrogens with two attached hydrogens (primary N) is 1. The number of nitrogens with zero attached hydrogens (tertiary/aromatic N) is 2. The summed E-state index contributed by atoms with van der Waals surface area (Å²) in [5.74, 6) is -5.07. The van der Waals surface area contributed by atoms with Gasteiger partial charge in [0.2, 0.25) is 11.8 Å². The zero-order valence-electron chi connectivity index (χ0n) is 12.6. The first-order valence-corrected chi connectivity index (χ1v) is 7.61. The Bertz CT molecular complexity index is 609. The van der Waals surface area contributed by atoms with Crippen molar-refractivity contribution in [2.24, 2.45) is 11.7 Å². The Morgan fingerprint density at radius 3 is 2.57 bits per heavy atom. The molecule has 2 amide bonds. The van der Waals surface area contributed by atoms with E-state index >= 15 is 0 Å². The van der Waals surface area contributed by atoms with Gasteiger partial charge >= 0.3 is 0 Å². The molecule has 5 nitrogen and oxygen atoms in total. The van der Waals surface area contributed by atoms with Gasteiger partial charge < -0.3 is 10.6 Å². The van der Waals surface area contributed by atoms with Gasteiger partial charge in [-0.2, -0.15) is 0 Å². The number of piperazine rings is 1. The van der Waals surface area contributed by atoms with Crippen LogP contribution in [-0.2, 0) is 9.59 Å². The van der Waals surface area contributed by atoms with Gasteiger partial charge in [0.25, 0.3) is 5.92 Å². The number of rotatable bonds is 5. The van der Waals surface area contributed by atoms with Gasteiger partial charge in [-0.25, -0.2) is 8.78 Å². The van der Waals surface area contributed by atoms with Crippen molar-refractivity contribution < 1.29 is 18.4 Å². The summed E-state index contributed by atoms with van der Waals surface area (Å²) >= 11 is 0. The van der Waals surface area contributed by atoms with Crippen molar-refractivity contribution >= 4 is 11.8 Å². The Morgan fingerprint density at radius 1 is 1.26 bits per heavy atom. The maximum Gasteiger partial charge on any atom is 0.260 e. The SMILES string of the molecule is NC(=O)CN1CCN(C[C@@H]2[C@@H](c3ccccc3)C2(F)F)CC1=O. The summed E-state index contributed by atoms with van der Waals surface area (Å²) in [6, 6.07) is 8.75. The van der Waals surface area contributed by atoms with Crippen LogP contribution < -0.4 is 5.73 Å². The van der Waals surface area contributed by atoms with Gasteiger partial charge in [-0.3, -0.25) is 14.5 Å². The second-order valence-electron chi connectivity index (χ2n) is 6.19. The van der Waals surface area contributed by atoms with Crippen LogP contribution in [0.15, 0.2) is 30.3 Å². The van der Waals surface area contributed by atoms with Crippen molar-refractivity contribution in [2.45, 2.75) is 11.8 Å². The molecule has 0 radical (unpaired) electrons. The predicted octanol–water partition coefficient (Wildman–Crippen LogP) is 0.665. The first-order valence-electron chi connectivity index (χ1n) is 7.61. The van der Waals surface area contributed by atoms with Crippen LogP contribution in [0.4, 0.5) is 8.78 Å². The molecule has 2 atom stereocenters. The number of halogens is 2. The Hall–Kier alpha value is -2.02. The molecule has 0 unspecified atom stereocenters. The minimum Gasteiger partial charge on any atom is -0.368 e. The van der Waals surface area contributed by atoms with Crippen LogP contribution in [-0.4, -0.2) is 60.3 Å². The number of carbonyl (C=O) groups is 2. The van der Waals surface area contributed by atoms with E-state index in [0.29, 0.717) is 18.7 Å². The standard InChI is InChI=1S/C16H19F2N3O2/c17-16(18)12(15(16)11-4-2-1-3-5-11)8-20-6-7-21(9-13(19)22)14(23)10-20/h1-5,12,15H,6-10H2,(H2,19,22)/t12-,15-/m1/s1. The molecule has 124 valence electrons. The Kier molecular flexibility index (Phi) is 4.06. The lowest BCUT2D eigenvalue weighted by molar-refractivity contribution is -0.139. The van der Waals surface area contributed by atoms with Gasteiger partial charge in [0, 0.05) is 25.6 Å². The van der Waals surface area contributed by atoms with Crippen molar-refractivity contribution in [2.75, 3.05) is 32.7 Å². The first-order chi connectivity index (χ1) is 10.9. The molecule has 1 aliphatic heterocycles. The fourth-order valence-electron chi connectivity index (χ4n) is 3.28. The highest BCUT2D eigenvalue weighted by atomic mass is 19.3. The molecule has 1 saturated heterocycles. The van der Waals surface area contributed by atoms with Crippen LogP contribution in [0.1, 0.15) is 11.5 Å². The molecule has 0 spiro atoms. The number of hydrogen-bond donors (Lipinski definition) is 1. The van der Waals surface area contributed by atoms with E-state index in [0.717, 1.165) is 0 Å². The summed E-state index contributed by atoms with van der Waals surface area (Å²) in [4.78, 5) is 25.9. The highest BCUT2D eigenvalue weighted by Crippen LogP contribution is 2.61. The topological polar surface area (TPSA) is 66.6 Å². The summed E-state index contributed by atoms with van der Waals surface area (Å²) in [5.41, 5.74) is 5.72. The second-order valence-corrected chi connectivity index (χ2v) is 6.19. The summed E-state index contributed by atoms with van der Waals surface area (Å²) < 4.78 is 28.1. The van der Waals surface area contributed by atoms with Gasteiger partial charge in [0.05, 0.1) is 19.0 Å². The van der Waals surface area contributed by atoms with Crippen molar-refractivity contribution in [3.63, 3.8) is 0 Å².